The molecule has 3 aromatic carbocycles. The van der Waals surface area contributed by atoms with Gasteiger partial charge in [-0.25, -0.2) is 4.98 Å². The number of nitrogens with one attached hydrogen (secondary N) is 1. The van der Waals surface area contributed by atoms with E-state index in [1.807, 2.05) is 60.7 Å². The van der Waals surface area contributed by atoms with Crippen molar-refractivity contribution in [3.8, 4) is 11.5 Å². The monoisotopic (exact) mass is 533 g/mol. The second-order valence-electron chi connectivity index (χ2n) is 8.04. The van der Waals surface area contributed by atoms with Gasteiger partial charge in [0, 0.05) is 16.6 Å². The minimum absolute atomic E-state index is 0.139. The SMILES string of the molecule is C=CCc1ccc(OCCCn2c(CNC(=O)c3cccc(Br)c3)nc3ccccc32)c(OC)c1. The van der Waals surface area contributed by atoms with E-state index in [4.69, 9.17) is 14.5 Å². The van der Waals surface area contributed by atoms with E-state index in [0.29, 0.717) is 31.0 Å². The van der Waals surface area contributed by atoms with Crippen molar-refractivity contribution >= 4 is 32.9 Å². The predicted octanol–water partition coefficient (Wildman–Crippen LogP) is 5.94. The third-order valence-electron chi connectivity index (χ3n) is 5.62. The van der Waals surface area contributed by atoms with Crippen molar-refractivity contribution in [2.75, 3.05) is 13.7 Å². The summed E-state index contributed by atoms with van der Waals surface area (Å²) in [7, 11) is 1.65. The Balaban J connectivity index is 1.42. The van der Waals surface area contributed by atoms with Crippen LogP contribution in [0.25, 0.3) is 11.0 Å². The van der Waals surface area contributed by atoms with E-state index in [2.05, 4.69) is 32.4 Å². The summed E-state index contributed by atoms with van der Waals surface area (Å²) in [6.45, 7) is 5.35. The number of methoxy groups -OCH3 is 1. The summed E-state index contributed by atoms with van der Waals surface area (Å²) in [5.74, 6) is 2.10. The number of aromatic nitrogens is 2. The first-order valence-electron chi connectivity index (χ1n) is 11.5. The van der Waals surface area contributed by atoms with Gasteiger partial charge >= 0.3 is 0 Å². The zero-order valence-electron chi connectivity index (χ0n) is 19.7. The van der Waals surface area contributed by atoms with Crippen molar-refractivity contribution in [1.82, 2.24) is 14.9 Å². The zero-order valence-corrected chi connectivity index (χ0v) is 21.3. The molecule has 0 radical (unpaired) electrons. The number of fused-ring (bicyclic) bond motifs is 1. The fourth-order valence-corrected chi connectivity index (χ4v) is 4.33. The van der Waals surface area contributed by atoms with E-state index in [1.165, 1.54) is 0 Å². The normalized spacial score (nSPS) is 10.8. The Hall–Kier alpha value is -3.58. The van der Waals surface area contributed by atoms with Gasteiger partial charge < -0.3 is 19.4 Å². The van der Waals surface area contributed by atoms with Gasteiger partial charge in [0.2, 0.25) is 0 Å². The van der Waals surface area contributed by atoms with Crippen molar-refractivity contribution in [1.29, 1.82) is 0 Å². The molecule has 1 aromatic heterocycles. The second kappa shape index (κ2) is 11.7. The fourth-order valence-electron chi connectivity index (χ4n) is 3.93. The Morgan fingerprint density at radius 2 is 1.97 bits per heavy atom. The van der Waals surface area contributed by atoms with Crippen LogP contribution in [0.1, 0.15) is 28.2 Å². The van der Waals surface area contributed by atoms with E-state index in [1.54, 1.807) is 19.2 Å². The number of benzene rings is 3. The highest BCUT2D eigenvalue weighted by molar-refractivity contribution is 9.10. The highest BCUT2D eigenvalue weighted by atomic mass is 79.9. The number of ether oxygens (including phenoxy) is 2. The highest BCUT2D eigenvalue weighted by Gasteiger charge is 2.13. The van der Waals surface area contributed by atoms with Gasteiger partial charge in [0.25, 0.3) is 5.91 Å². The molecular weight excluding hydrogens is 506 g/mol. The molecule has 0 aliphatic heterocycles. The number of para-hydroxylation sites is 2. The maximum Gasteiger partial charge on any atom is 0.251 e. The highest BCUT2D eigenvalue weighted by Crippen LogP contribution is 2.28. The molecule has 0 saturated carbocycles. The molecule has 35 heavy (non-hydrogen) atoms. The number of carbonyl (C=O) groups is 1. The molecule has 0 atom stereocenters. The average Bonchev–Trinajstić information content (AvgIpc) is 3.23. The third kappa shape index (κ3) is 6.11. The lowest BCUT2D eigenvalue weighted by atomic mass is 10.1. The van der Waals surface area contributed by atoms with E-state index in [-0.39, 0.29) is 5.91 Å². The number of amides is 1. The van der Waals surface area contributed by atoms with Crippen molar-refractivity contribution in [3.05, 3.63) is 101 Å². The van der Waals surface area contributed by atoms with E-state index < -0.39 is 0 Å². The number of nitrogens with zero attached hydrogens (tertiary/aromatic N) is 2. The van der Waals surface area contributed by atoms with Crippen molar-refractivity contribution in [2.24, 2.45) is 0 Å². The molecule has 1 heterocycles. The Labute approximate surface area is 213 Å². The molecule has 4 aromatic rings. The zero-order chi connectivity index (χ0) is 24.6. The van der Waals surface area contributed by atoms with Crippen LogP contribution in [-0.2, 0) is 19.5 Å². The Bertz CT molecular complexity index is 1330. The van der Waals surface area contributed by atoms with Crippen LogP contribution in [0, 0.1) is 0 Å². The number of imidazole rings is 1. The molecule has 0 saturated heterocycles. The fraction of sp³-hybridized carbons (Fsp3) is 0.214. The van der Waals surface area contributed by atoms with Gasteiger partial charge in [-0.3, -0.25) is 4.79 Å². The summed E-state index contributed by atoms with van der Waals surface area (Å²) in [5.41, 5.74) is 3.66. The van der Waals surface area contributed by atoms with Gasteiger partial charge in [0.15, 0.2) is 11.5 Å². The van der Waals surface area contributed by atoms with Crippen LogP contribution in [0.15, 0.2) is 83.9 Å². The maximum atomic E-state index is 12.6. The van der Waals surface area contributed by atoms with Gasteiger partial charge in [-0.15, -0.1) is 6.58 Å². The van der Waals surface area contributed by atoms with Gasteiger partial charge in [-0.05, 0) is 60.9 Å². The minimum Gasteiger partial charge on any atom is -0.493 e. The second-order valence-corrected chi connectivity index (χ2v) is 8.96. The number of aryl methyl sites for hydroxylation is 1. The number of hydrogen-bond donors (Lipinski definition) is 1. The lowest BCUT2D eigenvalue weighted by Gasteiger charge is -2.13. The summed E-state index contributed by atoms with van der Waals surface area (Å²) >= 11 is 3.41. The molecule has 6 nitrogen and oxygen atoms in total. The van der Waals surface area contributed by atoms with Crippen LogP contribution in [-0.4, -0.2) is 29.2 Å². The molecule has 1 amide bonds. The quantitative estimate of drug-likeness (QED) is 0.191. The van der Waals surface area contributed by atoms with Gasteiger partial charge in [-0.2, -0.15) is 0 Å². The van der Waals surface area contributed by atoms with Gasteiger partial charge in [-0.1, -0.05) is 46.3 Å². The van der Waals surface area contributed by atoms with E-state index in [0.717, 1.165) is 45.5 Å². The average molecular weight is 534 g/mol. The number of rotatable bonds is 11. The number of halogens is 1. The molecule has 7 heteroatoms. The molecule has 0 aliphatic carbocycles. The van der Waals surface area contributed by atoms with E-state index >= 15 is 0 Å². The first-order valence-corrected chi connectivity index (χ1v) is 12.3. The molecule has 1 N–H and O–H groups in total. The lowest BCUT2D eigenvalue weighted by Crippen LogP contribution is -2.25. The Kier molecular flexibility index (Phi) is 8.21. The standard InChI is InChI=1S/C28H28BrN3O3/c1-3-8-20-13-14-25(26(17-20)34-2)35-16-7-15-32-24-12-5-4-11-23(24)31-27(32)19-30-28(33)21-9-6-10-22(29)18-21/h3-6,9-14,17-18H,1,7-8,15-16,19H2,2H3,(H,30,33). The van der Waals surface area contributed by atoms with Crippen LogP contribution < -0.4 is 14.8 Å². The smallest absolute Gasteiger partial charge is 0.251 e. The Morgan fingerprint density at radius 1 is 1.11 bits per heavy atom. The van der Waals surface area contributed by atoms with Gasteiger partial charge in [0.05, 0.1) is 31.3 Å². The number of hydrogen-bond acceptors (Lipinski definition) is 4. The van der Waals surface area contributed by atoms with Gasteiger partial charge in [0.1, 0.15) is 5.82 Å². The molecule has 4 rings (SSSR count). The summed E-state index contributed by atoms with van der Waals surface area (Å²) in [6, 6.07) is 21.3. The van der Waals surface area contributed by atoms with Crippen LogP contribution in [0.5, 0.6) is 11.5 Å². The predicted molar refractivity (Wildman–Crippen MR) is 142 cm³/mol. The molecule has 0 bridgehead atoms. The third-order valence-corrected chi connectivity index (χ3v) is 6.11. The van der Waals surface area contributed by atoms with Crippen LogP contribution >= 0.6 is 15.9 Å². The molecule has 0 unspecified atom stereocenters. The van der Waals surface area contributed by atoms with E-state index in [9.17, 15) is 4.79 Å². The minimum atomic E-state index is -0.139. The van der Waals surface area contributed by atoms with Crippen LogP contribution in [0.2, 0.25) is 0 Å². The summed E-state index contributed by atoms with van der Waals surface area (Å²) in [5, 5.41) is 2.99. The lowest BCUT2D eigenvalue weighted by molar-refractivity contribution is 0.0949. The summed E-state index contributed by atoms with van der Waals surface area (Å²) in [4.78, 5) is 17.4. The number of allylic oxidation sites excluding steroid dienone is 1. The summed E-state index contributed by atoms with van der Waals surface area (Å²) in [6.07, 6.45) is 3.42. The van der Waals surface area contributed by atoms with Crippen molar-refractivity contribution in [2.45, 2.75) is 25.9 Å². The molecular formula is C28H28BrN3O3. The van der Waals surface area contributed by atoms with Crippen LogP contribution in [0.4, 0.5) is 0 Å². The maximum absolute atomic E-state index is 12.6. The Morgan fingerprint density at radius 3 is 2.77 bits per heavy atom. The van der Waals surface area contributed by atoms with Crippen LogP contribution in [0.3, 0.4) is 0 Å². The van der Waals surface area contributed by atoms with Crippen molar-refractivity contribution in [3.63, 3.8) is 0 Å². The molecule has 0 spiro atoms. The number of carbonyl (C=O) groups excluding carboxylic acids is 1. The van der Waals surface area contributed by atoms with Crippen molar-refractivity contribution < 1.29 is 14.3 Å². The first kappa shape index (κ1) is 24.5. The summed E-state index contributed by atoms with van der Waals surface area (Å²) < 4.78 is 14.5. The molecule has 180 valence electrons. The molecule has 0 fully saturated rings. The molecule has 0 aliphatic rings. The largest absolute Gasteiger partial charge is 0.493 e. The topological polar surface area (TPSA) is 65.4 Å². The first-order chi connectivity index (χ1) is 17.1.